The molecule has 1 unspecified atom stereocenters. The van der Waals surface area contributed by atoms with Gasteiger partial charge >= 0.3 is 0 Å². The van der Waals surface area contributed by atoms with Gasteiger partial charge in [-0.25, -0.2) is 4.98 Å². The zero-order chi connectivity index (χ0) is 13.4. The lowest BCUT2D eigenvalue weighted by molar-refractivity contribution is -0.121. The smallest absolute Gasteiger partial charge is 0.265 e. The van der Waals surface area contributed by atoms with Gasteiger partial charge in [0.2, 0.25) is 5.91 Å². The van der Waals surface area contributed by atoms with Gasteiger partial charge in [0.15, 0.2) is 10.8 Å². The molecule has 0 aromatic carbocycles. The number of fused-ring (bicyclic) bond motifs is 2. The molecule has 0 saturated carbocycles. The Kier molecular flexibility index (Phi) is 3.02. The van der Waals surface area contributed by atoms with Crippen LogP contribution in [0.4, 0.5) is 0 Å². The number of aromatic amines is 1. The van der Waals surface area contributed by atoms with Crippen molar-refractivity contribution >= 4 is 28.7 Å². The SMILES string of the molecule is CCNC(=O)CC1CSc2nc3[nH]ncc3c(=O)n21. The Morgan fingerprint density at radius 3 is 3.32 bits per heavy atom. The van der Waals surface area contributed by atoms with Crippen molar-refractivity contribution in [1.82, 2.24) is 25.1 Å². The van der Waals surface area contributed by atoms with E-state index in [4.69, 9.17) is 0 Å². The monoisotopic (exact) mass is 279 g/mol. The molecule has 8 heteroatoms. The Balaban J connectivity index is 1.99. The quantitative estimate of drug-likeness (QED) is 0.788. The van der Waals surface area contributed by atoms with Crippen LogP contribution >= 0.6 is 11.8 Å². The van der Waals surface area contributed by atoms with Gasteiger partial charge in [0.1, 0.15) is 5.39 Å². The summed E-state index contributed by atoms with van der Waals surface area (Å²) in [5.41, 5.74) is 0.371. The highest BCUT2D eigenvalue weighted by Gasteiger charge is 2.28. The number of rotatable bonds is 3. The van der Waals surface area contributed by atoms with E-state index in [-0.39, 0.29) is 17.5 Å². The second-order valence-electron chi connectivity index (χ2n) is 4.32. The summed E-state index contributed by atoms with van der Waals surface area (Å²) in [5, 5.41) is 10.4. The molecule has 0 aliphatic carbocycles. The maximum atomic E-state index is 12.3. The highest BCUT2D eigenvalue weighted by atomic mass is 32.2. The van der Waals surface area contributed by atoms with E-state index in [1.807, 2.05) is 6.92 Å². The van der Waals surface area contributed by atoms with Gasteiger partial charge in [-0.15, -0.1) is 0 Å². The van der Waals surface area contributed by atoms with E-state index in [2.05, 4.69) is 20.5 Å². The Morgan fingerprint density at radius 2 is 2.53 bits per heavy atom. The first kappa shape index (κ1) is 12.2. The molecule has 0 radical (unpaired) electrons. The standard InChI is InChI=1S/C11H13N5O2S/c1-2-12-8(17)3-6-5-19-11-14-9-7(4-13-15-9)10(18)16(6)11/h4,6H,2-3,5H2,1H3,(H,12,17)(H,13,15). The van der Waals surface area contributed by atoms with E-state index >= 15 is 0 Å². The summed E-state index contributed by atoms with van der Waals surface area (Å²) in [7, 11) is 0. The molecule has 1 atom stereocenters. The first-order chi connectivity index (χ1) is 9.20. The second kappa shape index (κ2) is 4.69. The van der Waals surface area contributed by atoms with Crippen LogP contribution in [0.1, 0.15) is 19.4 Å². The third kappa shape index (κ3) is 2.01. The van der Waals surface area contributed by atoms with E-state index in [1.54, 1.807) is 4.57 Å². The molecule has 100 valence electrons. The molecule has 2 aromatic rings. The van der Waals surface area contributed by atoms with Crippen LogP contribution in [-0.4, -0.2) is 38.0 Å². The Morgan fingerprint density at radius 1 is 1.68 bits per heavy atom. The lowest BCUT2D eigenvalue weighted by Crippen LogP contribution is -2.30. The number of carbonyl (C=O) groups excluding carboxylic acids is 1. The molecule has 2 aromatic heterocycles. The van der Waals surface area contributed by atoms with Crippen LogP contribution < -0.4 is 10.9 Å². The summed E-state index contributed by atoms with van der Waals surface area (Å²) in [4.78, 5) is 28.4. The minimum absolute atomic E-state index is 0.0415. The van der Waals surface area contributed by atoms with Crippen LogP contribution in [0.2, 0.25) is 0 Å². The normalized spacial score (nSPS) is 17.6. The van der Waals surface area contributed by atoms with Gasteiger partial charge in [-0.2, -0.15) is 5.10 Å². The van der Waals surface area contributed by atoms with E-state index in [9.17, 15) is 9.59 Å². The van der Waals surface area contributed by atoms with E-state index in [0.29, 0.717) is 34.9 Å². The fourth-order valence-electron chi connectivity index (χ4n) is 2.19. The number of hydrogen-bond acceptors (Lipinski definition) is 5. The summed E-state index contributed by atoms with van der Waals surface area (Å²) in [6, 6.07) is -0.133. The molecule has 0 bridgehead atoms. The minimum atomic E-state index is -0.133. The van der Waals surface area contributed by atoms with Crippen LogP contribution in [0.15, 0.2) is 16.1 Å². The zero-order valence-corrected chi connectivity index (χ0v) is 11.2. The predicted molar refractivity (Wildman–Crippen MR) is 71.2 cm³/mol. The van der Waals surface area contributed by atoms with Crippen molar-refractivity contribution in [1.29, 1.82) is 0 Å². The molecule has 1 aliphatic rings. The van der Waals surface area contributed by atoms with Crippen molar-refractivity contribution in [3.8, 4) is 0 Å². The summed E-state index contributed by atoms with van der Waals surface area (Å²) in [6.45, 7) is 2.47. The Bertz CT molecular complexity index is 692. The topological polar surface area (TPSA) is 92.7 Å². The fraction of sp³-hybridized carbons (Fsp3) is 0.455. The van der Waals surface area contributed by atoms with Crippen molar-refractivity contribution in [2.24, 2.45) is 0 Å². The second-order valence-corrected chi connectivity index (χ2v) is 5.31. The van der Waals surface area contributed by atoms with Gasteiger partial charge in [-0.1, -0.05) is 11.8 Å². The van der Waals surface area contributed by atoms with Crippen molar-refractivity contribution in [2.45, 2.75) is 24.5 Å². The number of H-pyrrole nitrogens is 1. The number of amides is 1. The van der Waals surface area contributed by atoms with Crippen molar-refractivity contribution in [2.75, 3.05) is 12.3 Å². The summed E-state index contributed by atoms with van der Waals surface area (Å²) in [5.74, 6) is 0.652. The first-order valence-corrected chi connectivity index (χ1v) is 7.04. The maximum absolute atomic E-state index is 12.3. The third-order valence-corrected chi connectivity index (χ3v) is 4.14. The maximum Gasteiger partial charge on any atom is 0.265 e. The number of thioether (sulfide) groups is 1. The van der Waals surface area contributed by atoms with Gasteiger partial charge in [0.25, 0.3) is 5.56 Å². The number of aromatic nitrogens is 4. The van der Waals surface area contributed by atoms with E-state index in [1.165, 1.54) is 18.0 Å². The number of carbonyl (C=O) groups is 1. The van der Waals surface area contributed by atoms with Crippen molar-refractivity contribution in [3.63, 3.8) is 0 Å². The molecule has 7 nitrogen and oxygen atoms in total. The predicted octanol–water partition coefficient (Wildman–Crippen LogP) is 0.293. The minimum Gasteiger partial charge on any atom is -0.356 e. The lowest BCUT2D eigenvalue weighted by atomic mass is 10.2. The molecule has 3 rings (SSSR count). The van der Waals surface area contributed by atoms with Crippen LogP contribution in [0.5, 0.6) is 0 Å². The molecular formula is C11H13N5O2S. The Hall–Kier alpha value is -1.83. The summed E-state index contributed by atoms with van der Waals surface area (Å²) >= 11 is 1.49. The molecule has 2 N–H and O–H groups in total. The lowest BCUT2D eigenvalue weighted by Gasteiger charge is -2.12. The van der Waals surface area contributed by atoms with Crippen LogP contribution in [0.3, 0.4) is 0 Å². The van der Waals surface area contributed by atoms with Gasteiger partial charge in [-0.05, 0) is 6.92 Å². The number of nitrogens with zero attached hydrogens (tertiary/aromatic N) is 3. The largest absolute Gasteiger partial charge is 0.356 e. The van der Waals surface area contributed by atoms with E-state index in [0.717, 1.165) is 0 Å². The van der Waals surface area contributed by atoms with Gasteiger partial charge in [0, 0.05) is 18.7 Å². The fourth-order valence-corrected chi connectivity index (χ4v) is 3.33. The van der Waals surface area contributed by atoms with E-state index < -0.39 is 0 Å². The molecule has 0 saturated heterocycles. The highest BCUT2D eigenvalue weighted by molar-refractivity contribution is 7.99. The van der Waals surface area contributed by atoms with Crippen LogP contribution in [-0.2, 0) is 4.79 Å². The van der Waals surface area contributed by atoms with Gasteiger partial charge in [-0.3, -0.25) is 19.3 Å². The molecule has 0 spiro atoms. The molecule has 0 fully saturated rings. The summed E-state index contributed by atoms with van der Waals surface area (Å²) in [6.07, 6.45) is 1.78. The van der Waals surface area contributed by atoms with Crippen LogP contribution in [0.25, 0.3) is 11.0 Å². The van der Waals surface area contributed by atoms with Crippen LogP contribution in [0, 0.1) is 0 Å². The van der Waals surface area contributed by atoms with Crippen molar-refractivity contribution < 1.29 is 4.79 Å². The molecule has 1 aliphatic heterocycles. The summed E-state index contributed by atoms with van der Waals surface area (Å²) < 4.78 is 1.61. The Labute approximate surface area is 112 Å². The van der Waals surface area contributed by atoms with Crippen molar-refractivity contribution in [3.05, 3.63) is 16.6 Å². The average Bonchev–Trinajstić information content (AvgIpc) is 2.97. The number of nitrogens with one attached hydrogen (secondary N) is 2. The third-order valence-electron chi connectivity index (χ3n) is 3.05. The molecule has 3 heterocycles. The average molecular weight is 279 g/mol. The highest BCUT2D eigenvalue weighted by Crippen LogP contribution is 2.32. The van der Waals surface area contributed by atoms with Gasteiger partial charge < -0.3 is 5.32 Å². The van der Waals surface area contributed by atoms with Gasteiger partial charge in [0.05, 0.1) is 12.2 Å². The molecular weight excluding hydrogens is 266 g/mol. The molecule has 1 amide bonds. The number of hydrogen-bond donors (Lipinski definition) is 2. The first-order valence-electron chi connectivity index (χ1n) is 6.05. The molecule has 19 heavy (non-hydrogen) atoms. The zero-order valence-electron chi connectivity index (χ0n) is 10.3.